The summed E-state index contributed by atoms with van der Waals surface area (Å²) < 4.78 is 0. The number of benzene rings is 1. The normalized spacial score (nSPS) is 24.6. The Bertz CT molecular complexity index is 547. The Balaban J connectivity index is 0.00000176. The first-order valence-electron chi connectivity index (χ1n) is 7.78. The molecule has 0 radical (unpaired) electrons. The molecule has 2 aliphatic heterocycles. The predicted octanol–water partition coefficient (Wildman–Crippen LogP) is 3.39. The van der Waals surface area contributed by atoms with Crippen LogP contribution in [0.15, 0.2) is 24.3 Å². The molecule has 2 aliphatic rings. The largest absolute Gasteiger partial charge is 0.340 e. The van der Waals surface area contributed by atoms with Crippen molar-refractivity contribution in [2.24, 2.45) is 0 Å². The van der Waals surface area contributed by atoms with E-state index >= 15 is 0 Å². The lowest BCUT2D eigenvalue weighted by Gasteiger charge is -2.33. The van der Waals surface area contributed by atoms with E-state index in [1.54, 1.807) is 0 Å². The van der Waals surface area contributed by atoms with Crippen molar-refractivity contribution in [1.82, 2.24) is 10.2 Å². The number of fused-ring (bicyclic) bond motifs is 2. The Morgan fingerprint density at radius 2 is 2.00 bits per heavy atom. The third-order valence-corrected chi connectivity index (χ3v) is 5.13. The van der Waals surface area contributed by atoms with E-state index in [9.17, 15) is 4.79 Å². The SMILES string of the molecule is CC(C)(C(=O)N1CCC2CCC(C1)N2)c1cccc(Cl)c1.Cl. The maximum absolute atomic E-state index is 13.0. The average Bonchev–Trinajstić information content (AvgIpc) is 2.77. The summed E-state index contributed by atoms with van der Waals surface area (Å²) in [5, 5.41) is 4.31. The molecule has 2 saturated heterocycles. The first kappa shape index (κ1) is 17.6. The molecule has 2 atom stereocenters. The maximum Gasteiger partial charge on any atom is 0.232 e. The van der Waals surface area contributed by atoms with Crippen LogP contribution in [0.3, 0.4) is 0 Å². The summed E-state index contributed by atoms with van der Waals surface area (Å²) >= 11 is 6.08. The summed E-state index contributed by atoms with van der Waals surface area (Å²) in [6, 6.07) is 8.73. The van der Waals surface area contributed by atoms with Gasteiger partial charge in [-0.3, -0.25) is 4.79 Å². The molecule has 22 heavy (non-hydrogen) atoms. The van der Waals surface area contributed by atoms with Crippen molar-refractivity contribution in [3.63, 3.8) is 0 Å². The van der Waals surface area contributed by atoms with E-state index in [0.717, 1.165) is 25.1 Å². The van der Waals surface area contributed by atoms with Crippen LogP contribution in [0.4, 0.5) is 0 Å². The summed E-state index contributed by atoms with van der Waals surface area (Å²) in [7, 11) is 0. The Morgan fingerprint density at radius 3 is 2.73 bits per heavy atom. The number of amides is 1. The van der Waals surface area contributed by atoms with Gasteiger partial charge in [-0.25, -0.2) is 0 Å². The number of carbonyl (C=O) groups excluding carboxylic acids is 1. The molecule has 1 aromatic carbocycles. The first-order valence-corrected chi connectivity index (χ1v) is 8.16. The lowest BCUT2D eigenvalue weighted by Crippen LogP contribution is -2.47. The first-order chi connectivity index (χ1) is 9.96. The zero-order valence-corrected chi connectivity index (χ0v) is 14.7. The second-order valence-corrected chi connectivity index (χ2v) is 7.25. The molecule has 1 aromatic rings. The van der Waals surface area contributed by atoms with Crippen LogP contribution in [0.5, 0.6) is 0 Å². The Kier molecular flexibility index (Phi) is 5.41. The number of nitrogens with one attached hydrogen (secondary N) is 1. The number of hydrogen-bond donors (Lipinski definition) is 1. The van der Waals surface area contributed by atoms with Gasteiger partial charge in [-0.15, -0.1) is 12.4 Å². The Labute approximate surface area is 143 Å². The van der Waals surface area contributed by atoms with Crippen molar-refractivity contribution < 1.29 is 4.79 Å². The molecule has 0 aliphatic carbocycles. The van der Waals surface area contributed by atoms with Gasteiger partial charge in [0.2, 0.25) is 5.91 Å². The highest BCUT2D eigenvalue weighted by Gasteiger charge is 2.38. The van der Waals surface area contributed by atoms with Crippen LogP contribution in [0.25, 0.3) is 0 Å². The quantitative estimate of drug-likeness (QED) is 0.893. The molecule has 122 valence electrons. The van der Waals surface area contributed by atoms with Crippen molar-refractivity contribution >= 4 is 29.9 Å². The molecule has 1 N–H and O–H groups in total. The molecule has 2 fully saturated rings. The molecule has 2 bridgehead atoms. The van der Waals surface area contributed by atoms with Crippen LogP contribution in [0.1, 0.15) is 38.7 Å². The minimum absolute atomic E-state index is 0. The van der Waals surface area contributed by atoms with Gasteiger partial charge in [0.25, 0.3) is 0 Å². The summed E-state index contributed by atoms with van der Waals surface area (Å²) in [6.07, 6.45) is 3.50. The minimum Gasteiger partial charge on any atom is -0.340 e. The third kappa shape index (κ3) is 3.42. The lowest BCUT2D eigenvalue weighted by atomic mass is 9.83. The summed E-state index contributed by atoms with van der Waals surface area (Å²) in [4.78, 5) is 15.1. The molecule has 0 spiro atoms. The van der Waals surface area contributed by atoms with Crippen molar-refractivity contribution in [2.45, 2.75) is 50.6 Å². The van der Waals surface area contributed by atoms with E-state index in [2.05, 4.69) is 5.32 Å². The van der Waals surface area contributed by atoms with E-state index in [-0.39, 0.29) is 18.3 Å². The highest BCUT2D eigenvalue weighted by atomic mass is 35.5. The van der Waals surface area contributed by atoms with Crippen molar-refractivity contribution in [3.8, 4) is 0 Å². The van der Waals surface area contributed by atoms with Gasteiger partial charge in [0, 0.05) is 30.2 Å². The second kappa shape index (κ2) is 6.77. The molecular weight excluding hydrogens is 319 g/mol. The summed E-state index contributed by atoms with van der Waals surface area (Å²) in [5.41, 5.74) is 0.455. The van der Waals surface area contributed by atoms with Crippen molar-refractivity contribution in [2.75, 3.05) is 13.1 Å². The van der Waals surface area contributed by atoms with E-state index in [0.29, 0.717) is 17.1 Å². The third-order valence-electron chi connectivity index (χ3n) is 4.89. The average molecular weight is 343 g/mol. The number of nitrogens with zero attached hydrogens (tertiary/aromatic N) is 1. The van der Waals surface area contributed by atoms with Gasteiger partial charge < -0.3 is 10.2 Å². The van der Waals surface area contributed by atoms with Crippen LogP contribution < -0.4 is 5.32 Å². The molecule has 3 rings (SSSR count). The maximum atomic E-state index is 13.0. The number of rotatable bonds is 2. The van der Waals surface area contributed by atoms with E-state index in [1.807, 2.05) is 43.0 Å². The molecule has 1 amide bonds. The van der Waals surface area contributed by atoms with Gasteiger partial charge in [-0.1, -0.05) is 23.7 Å². The highest BCUT2D eigenvalue weighted by Crippen LogP contribution is 2.30. The Hall–Kier alpha value is -0.770. The molecule has 0 aromatic heterocycles. The Morgan fingerprint density at radius 1 is 1.27 bits per heavy atom. The number of hydrogen-bond acceptors (Lipinski definition) is 2. The molecule has 5 heteroatoms. The van der Waals surface area contributed by atoms with Crippen LogP contribution in [-0.4, -0.2) is 36.0 Å². The van der Waals surface area contributed by atoms with Crippen molar-refractivity contribution in [3.05, 3.63) is 34.9 Å². The fourth-order valence-electron chi connectivity index (χ4n) is 3.52. The van der Waals surface area contributed by atoms with Crippen LogP contribution >= 0.6 is 24.0 Å². The monoisotopic (exact) mass is 342 g/mol. The van der Waals surface area contributed by atoms with Gasteiger partial charge >= 0.3 is 0 Å². The zero-order valence-electron chi connectivity index (χ0n) is 13.1. The number of carbonyl (C=O) groups is 1. The van der Waals surface area contributed by atoms with E-state index in [1.165, 1.54) is 12.8 Å². The van der Waals surface area contributed by atoms with Gasteiger partial charge in [0.1, 0.15) is 0 Å². The van der Waals surface area contributed by atoms with E-state index < -0.39 is 5.41 Å². The smallest absolute Gasteiger partial charge is 0.232 e. The topological polar surface area (TPSA) is 32.3 Å². The van der Waals surface area contributed by atoms with Crippen LogP contribution in [0.2, 0.25) is 5.02 Å². The van der Waals surface area contributed by atoms with Gasteiger partial charge in [-0.05, 0) is 50.8 Å². The fraction of sp³-hybridized carbons (Fsp3) is 0.588. The molecule has 3 nitrogen and oxygen atoms in total. The minimum atomic E-state index is -0.533. The van der Waals surface area contributed by atoms with E-state index in [4.69, 9.17) is 11.6 Å². The fourth-order valence-corrected chi connectivity index (χ4v) is 3.71. The predicted molar refractivity (Wildman–Crippen MR) is 92.9 cm³/mol. The van der Waals surface area contributed by atoms with Gasteiger partial charge in [0.05, 0.1) is 5.41 Å². The molecule has 0 saturated carbocycles. The molecular formula is C17H24Cl2N2O. The number of likely N-dealkylation sites (tertiary alicyclic amines) is 1. The van der Waals surface area contributed by atoms with Crippen LogP contribution in [-0.2, 0) is 10.2 Å². The van der Waals surface area contributed by atoms with Crippen LogP contribution in [0, 0.1) is 0 Å². The molecule has 2 heterocycles. The zero-order chi connectivity index (χ0) is 15.0. The highest BCUT2D eigenvalue weighted by molar-refractivity contribution is 6.30. The summed E-state index contributed by atoms with van der Waals surface area (Å²) in [5.74, 6) is 0.208. The van der Waals surface area contributed by atoms with Gasteiger partial charge in [-0.2, -0.15) is 0 Å². The van der Waals surface area contributed by atoms with Crippen molar-refractivity contribution in [1.29, 1.82) is 0 Å². The summed E-state index contributed by atoms with van der Waals surface area (Å²) in [6.45, 7) is 5.69. The lowest BCUT2D eigenvalue weighted by molar-refractivity contribution is -0.136. The standard InChI is InChI=1S/C17H23ClN2O.ClH/c1-17(2,12-4-3-5-13(18)10-12)16(21)20-9-8-14-6-7-15(11-20)19-14;/h3-5,10,14-15,19H,6-9,11H2,1-2H3;1H. The number of halogens is 2. The van der Waals surface area contributed by atoms with Gasteiger partial charge in [0.15, 0.2) is 0 Å². The molecule has 2 unspecified atom stereocenters. The second-order valence-electron chi connectivity index (χ2n) is 6.81.